The summed E-state index contributed by atoms with van der Waals surface area (Å²) in [6, 6.07) is 84.7. The Balaban J connectivity index is 1.18. The molecule has 0 heterocycles. The van der Waals surface area contributed by atoms with Crippen LogP contribution in [0.25, 0.3) is 59.4 Å². The molecular formula is C63H38N4. The van der Waals surface area contributed by atoms with Crippen molar-refractivity contribution in [3.8, 4) is 28.3 Å². The molecule has 11 aromatic carbocycles. The van der Waals surface area contributed by atoms with Crippen molar-refractivity contribution in [2.75, 3.05) is 9.80 Å². The summed E-state index contributed by atoms with van der Waals surface area (Å²) in [6.07, 6.45) is 0. The van der Waals surface area contributed by atoms with Crippen LogP contribution in [-0.4, -0.2) is 0 Å². The molecule has 4 heteroatoms. The van der Waals surface area contributed by atoms with Crippen LogP contribution in [-0.2, 0) is 5.41 Å². The smallest absolute Gasteiger partial charge is 0.187 e. The lowest BCUT2D eigenvalue weighted by Crippen LogP contribution is -2.26. The second-order valence-corrected chi connectivity index (χ2v) is 17.4. The molecule has 1 spiro atoms. The van der Waals surface area contributed by atoms with Gasteiger partial charge in [-0.05, 0) is 150 Å². The summed E-state index contributed by atoms with van der Waals surface area (Å²) in [5.41, 5.74) is 16.7. The maximum atomic E-state index is 9.85. The molecule has 2 aliphatic rings. The van der Waals surface area contributed by atoms with E-state index in [2.05, 4.69) is 209 Å². The first kappa shape index (κ1) is 38.3. The van der Waals surface area contributed by atoms with E-state index in [1.807, 2.05) is 42.5 Å². The van der Waals surface area contributed by atoms with E-state index in [-0.39, 0.29) is 0 Å². The molecule has 310 valence electrons. The maximum Gasteiger partial charge on any atom is 0.187 e. The molecule has 0 N–H and O–H groups in total. The lowest BCUT2D eigenvalue weighted by molar-refractivity contribution is 0.802. The van der Waals surface area contributed by atoms with E-state index in [0.717, 1.165) is 39.5 Å². The fraction of sp³-hybridized carbons (Fsp3) is 0.0159. The number of hydrogen-bond acceptors (Lipinski definition) is 3. The second-order valence-electron chi connectivity index (χ2n) is 17.4. The largest absolute Gasteiger partial charge is 0.311 e. The Morgan fingerprint density at radius 1 is 0.388 bits per heavy atom. The summed E-state index contributed by atoms with van der Waals surface area (Å²) in [5.74, 6) is 0. The van der Waals surface area contributed by atoms with Gasteiger partial charge < -0.3 is 9.80 Å². The van der Waals surface area contributed by atoms with Crippen molar-refractivity contribution in [3.05, 3.63) is 270 Å². The van der Waals surface area contributed by atoms with E-state index in [4.69, 9.17) is 6.57 Å². The highest BCUT2D eigenvalue weighted by molar-refractivity contribution is 6.24. The van der Waals surface area contributed by atoms with E-state index < -0.39 is 5.41 Å². The second kappa shape index (κ2) is 14.9. The van der Waals surface area contributed by atoms with Crippen LogP contribution in [0.3, 0.4) is 0 Å². The van der Waals surface area contributed by atoms with Crippen LogP contribution in [0.2, 0.25) is 0 Å². The van der Waals surface area contributed by atoms with Crippen molar-refractivity contribution in [1.29, 1.82) is 5.26 Å². The Morgan fingerprint density at radius 3 is 1.51 bits per heavy atom. The zero-order valence-corrected chi connectivity index (χ0v) is 36.2. The van der Waals surface area contributed by atoms with Gasteiger partial charge in [-0.3, -0.25) is 0 Å². The Bertz CT molecular complexity index is 3830. The lowest BCUT2D eigenvalue weighted by Gasteiger charge is -2.34. The van der Waals surface area contributed by atoms with Gasteiger partial charge in [0, 0.05) is 33.8 Å². The molecule has 0 aromatic heterocycles. The van der Waals surface area contributed by atoms with Crippen molar-refractivity contribution in [1.82, 2.24) is 0 Å². The van der Waals surface area contributed by atoms with E-state index in [1.165, 1.54) is 71.4 Å². The molecule has 67 heavy (non-hydrogen) atoms. The van der Waals surface area contributed by atoms with Gasteiger partial charge in [-0.2, -0.15) is 5.26 Å². The van der Waals surface area contributed by atoms with Crippen LogP contribution in [0.1, 0.15) is 27.8 Å². The summed E-state index contributed by atoms with van der Waals surface area (Å²) in [4.78, 5) is 8.35. The summed E-state index contributed by atoms with van der Waals surface area (Å²) < 4.78 is 0. The molecule has 0 aliphatic heterocycles. The molecule has 0 bridgehead atoms. The average Bonchev–Trinajstić information content (AvgIpc) is 3.88. The highest BCUT2D eigenvalue weighted by atomic mass is 15.1. The maximum absolute atomic E-state index is 9.85. The monoisotopic (exact) mass is 850 g/mol. The van der Waals surface area contributed by atoms with Crippen molar-refractivity contribution >= 4 is 72.1 Å². The van der Waals surface area contributed by atoms with E-state index in [0.29, 0.717) is 11.3 Å². The summed E-state index contributed by atoms with van der Waals surface area (Å²) in [5, 5.41) is 16.9. The van der Waals surface area contributed by atoms with E-state index in [1.54, 1.807) is 0 Å². The molecule has 2 aliphatic carbocycles. The quantitative estimate of drug-likeness (QED) is 0.123. The number of nitrogens with zero attached hydrogens (tertiary/aromatic N) is 4. The lowest BCUT2D eigenvalue weighted by atomic mass is 9.69. The third-order valence-electron chi connectivity index (χ3n) is 14.0. The first-order valence-corrected chi connectivity index (χ1v) is 22.6. The summed E-state index contributed by atoms with van der Waals surface area (Å²) in [6.45, 7) is 7.65. The molecule has 11 aromatic rings. The Kier molecular flexibility index (Phi) is 8.52. The van der Waals surface area contributed by atoms with E-state index in [9.17, 15) is 5.26 Å². The number of anilines is 6. The molecule has 0 fully saturated rings. The van der Waals surface area contributed by atoms with Crippen LogP contribution in [0.4, 0.5) is 39.8 Å². The fourth-order valence-corrected chi connectivity index (χ4v) is 11.4. The van der Waals surface area contributed by atoms with Crippen molar-refractivity contribution in [3.63, 3.8) is 0 Å². The molecule has 0 atom stereocenters. The fourth-order valence-electron chi connectivity index (χ4n) is 11.4. The van der Waals surface area contributed by atoms with Crippen molar-refractivity contribution in [2.45, 2.75) is 5.41 Å². The standard InChI is InChI=1S/C63H38N4/c1-65-42-30-34-45(35-31-42)66(43-16-4-2-5-17-43)47-36-37-54-55(38-47)48-20-8-10-24-52(48)61-60-53-25-11-9-23-51(53)59(67(44-18-6-3-7-19-44)46-32-28-41(40-64)29-33-46)39-58(60)63(62(54)61)56-26-14-12-21-49(56)50-22-13-15-27-57(50)63/h2-39H. The van der Waals surface area contributed by atoms with Gasteiger partial charge in [0.25, 0.3) is 0 Å². The molecule has 0 radical (unpaired) electrons. The van der Waals surface area contributed by atoms with Gasteiger partial charge in [0.2, 0.25) is 0 Å². The van der Waals surface area contributed by atoms with Crippen molar-refractivity contribution < 1.29 is 0 Å². The molecule has 13 rings (SSSR count). The van der Waals surface area contributed by atoms with Crippen LogP contribution in [0.15, 0.2) is 231 Å². The van der Waals surface area contributed by atoms with Crippen LogP contribution < -0.4 is 9.80 Å². The third kappa shape index (κ3) is 5.51. The number of para-hydroxylation sites is 2. The van der Waals surface area contributed by atoms with Gasteiger partial charge in [-0.25, -0.2) is 4.85 Å². The zero-order valence-electron chi connectivity index (χ0n) is 36.2. The number of hydrogen-bond donors (Lipinski definition) is 0. The molecule has 0 saturated carbocycles. The van der Waals surface area contributed by atoms with Gasteiger partial charge in [0.05, 0.1) is 29.3 Å². The molecule has 0 saturated heterocycles. The number of nitriles is 1. The third-order valence-corrected chi connectivity index (χ3v) is 14.0. The molecule has 0 unspecified atom stereocenters. The molecule has 4 nitrogen and oxygen atoms in total. The SMILES string of the molecule is [C-]#[N+]c1ccc(N(c2ccccc2)c2ccc3c4c(c5ccccc5c3c2)-c2c(cc(N(c3ccccc3)c3ccc(C#N)cc3)c3ccccc23)C42c3ccccc3-c3ccccc32)cc1. The molecule has 0 amide bonds. The topological polar surface area (TPSA) is 34.6 Å². The first-order chi connectivity index (χ1) is 33.2. The highest BCUT2D eigenvalue weighted by Gasteiger charge is 2.54. The Hall–Kier alpha value is -9.22. The minimum atomic E-state index is -0.692. The molecular weight excluding hydrogens is 813 g/mol. The minimum Gasteiger partial charge on any atom is -0.311 e. The predicted octanol–water partition coefficient (Wildman–Crippen LogP) is 16.9. The van der Waals surface area contributed by atoms with Gasteiger partial charge in [-0.15, -0.1) is 0 Å². The van der Waals surface area contributed by atoms with Crippen molar-refractivity contribution in [2.24, 2.45) is 0 Å². The normalized spacial score (nSPS) is 12.6. The summed E-state index contributed by atoms with van der Waals surface area (Å²) in [7, 11) is 0. The first-order valence-electron chi connectivity index (χ1n) is 22.6. The van der Waals surface area contributed by atoms with Crippen LogP contribution in [0, 0.1) is 17.9 Å². The number of fused-ring (bicyclic) bond motifs is 17. The highest BCUT2D eigenvalue weighted by Crippen LogP contribution is 2.67. The van der Waals surface area contributed by atoms with Gasteiger partial charge in [-0.1, -0.05) is 152 Å². The number of rotatable bonds is 6. The zero-order chi connectivity index (χ0) is 44.6. The van der Waals surface area contributed by atoms with Crippen LogP contribution >= 0.6 is 0 Å². The number of benzene rings is 11. The van der Waals surface area contributed by atoms with Crippen LogP contribution in [0.5, 0.6) is 0 Å². The van der Waals surface area contributed by atoms with Gasteiger partial charge in [0.15, 0.2) is 5.69 Å². The average molecular weight is 851 g/mol. The van der Waals surface area contributed by atoms with Gasteiger partial charge in [0.1, 0.15) is 0 Å². The van der Waals surface area contributed by atoms with E-state index >= 15 is 0 Å². The summed E-state index contributed by atoms with van der Waals surface area (Å²) >= 11 is 0. The Labute approximate surface area is 388 Å². The Morgan fingerprint density at radius 2 is 0.881 bits per heavy atom. The van der Waals surface area contributed by atoms with Gasteiger partial charge >= 0.3 is 0 Å². The predicted molar refractivity (Wildman–Crippen MR) is 276 cm³/mol. The minimum absolute atomic E-state index is 0.610.